The molecule has 1 saturated heterocycles. The Morgan fingerprint density at radius 1 is 1.17 bits per heavy atom. The Kier molecular flexibility index (Phi) is 5.23. The van der Waals surface area contributed by atoms with Gasteiger partial charge in [-0.2, -0.15) is 0 Å². The third kappa shape index (κ3) is 4.08. The number of rotatable bonds is 6. The van der Waals surface area contributed by atoms with Crippen molar-refractivity contribution < 1.29 is 4.74 Å². The fourth-order valence-electron chi connectivity index (χ4n) is 3.85. The number of anilines is 1. The molecule has 1 aliphatic carbocycles. The van der Waals surface area contributed by atoms with E-state index < -0.39 is 0 Å². The second-order valence-corrected chi connectivity index (χ2v) is 8.23. The summed E-state index contributed by atoms with van der Waals surface area (Å²) >= 11 is 0. The largest absolute Gasteiger partial charge is 0.379 e. The van der Waals surface area contributed by atoms with Gasteiger partial charge in [-0.3, -0.25) is 9.69 Å². The highest BCUT2D eigenvalue weighted by atomic mass is 16.5. The molecule has 2 aliphatic rings. The zero-order chi connectivity index (χ0) is 20.5. The van der Waals surface area contributed by atoms with Crippen molar-refractivity contribution in [3.8, 4) is 11.3 Å². The lowest BCUT2D eigenvalue weighted by Gasteiger charge is -2.26. The van der Waals surface area contributed by atoms with E-state index in [1.165, 1.54) is 10.1 Å². The lowest BCUT2D eigenvalue weighted by Crippen LogP contribution is -2.37. The van der Waals surface area contributed by atoms with Crippen LogP contribution in [0.2, 0.25) is 0 Å². The van der Waals surface area contributed by atoms with Crippen molar-refractivity contribution in [3.63, 3.8) is 0 Å². The molecule has 0 atom stereocenters. The number of pyridine rings is 1. The first kappa shape index (κ1) is 19.2. The molecule has 1 aliphatic heterocycles. The third-order valence-corrected chi connectivity index (χ3v) is 5.89. The molecule has 0 spiro atoms. The number of aryl methyl sites for hydroxylation is 1. The summed E-state index contributed by atoms with van der Waals surface area (Å²) in [4.78, 5) is 24.4. The molecule has 1 saturated carbocycles. The topological polar surface area (TPSA) is 72.3 Å². The molecule has 156 valence electrons. The van der Waals surface area contributed by atoms with Crippen molar-refractivity contribution >= 4 is 16.7 Å². The molecular weight excluding hydrogens is 378 g/mol. The smallest absolute Gasteiger partial charge is 0.264 e. The number of morpholine rings is 1. The Hall–Kier alpha value is -2.77. The van der Waals surface area contributed by atoms with Crippen LogP contribution >= 0.6 is 0 Å². The molecular formula is C23H27N5O2. The summed E-state index contributed by atoms with van der Waals surface area (Å²) < 4.78 is 6.92. The molecule has 7 heteroatoms. The number of hydrogen-bond acceptors (Lipinski definition) is 6. The van der Waals surface area contributed by atoms with E-state index in [1.54, 1.807) is 13.4 Å². The van der Waals surface area contributed by atoms with E-state index in [0.29, 0.717) is 22.8 Å². The number of benzene rings is 1. The number of hydrogen-bond donors (Lipinski definition) is 1. The fourth-order valence-corrected chi connectivity index (χ4v) is 3.85. The summed E-state index contributed by atoms with van der Waals surface area (Å²) in [5.41, 5.74) is 3.80. The van der Waals surface area contributed by atoms with Crippen LogP contribution in [0, 0.1) is 0 Å². The van der Waals surface area contributed by atoms with Gasteiger partial charge >= 0.3 is 0 Å². The molecule has 2 aromatic heterocycles. The Morgan fingerprint density at radius 3 is 2.67 bits per heavy atom. The molecule has 0 unspecified atom stereocenters. The monoisotopic (exact) mass is 405 g/mol. The van der Waals surface area contributed by atoms with E-state index in [2.05, 4.69) is 39.5 Å². The Labute approximate surface area is 175 Å². The molecule has 3 aromatic rings. The molecule has 3 heterocycles. The Balaban J connectivity index is 1.41. The highest BCUT2D eigenvalue weighted by Gasteiger charge is 2.24. The van der Waals surface area contributed by atoms with Crippen LogP contribution in [0.3, 0.4) is 0 Å². The second kappa shape index (κ2) is 8.16. The van der Waals surface area contributed by atoms with E-state index in [4.69, 9.17) is 9.72 Å². The summed E-state index contributed by atoms with van der Waals surface area (Å²) in [6.07, 6.45) is 4.83. The number of aromatic nitrogens is 3. The molecule has 30 heavy (non-hydrogen) atoms. The SMILES string of the molecule is Cn1cnc2cc(-c3ccc(CCN4CCOCC4)cc3)nc(NC3CC3)c2c1=O. The van der Waals surface area contributed by atoms with Gasteiger partial charge in [-0.05, 0) is 30.9 Å². The maximum Gasteiger partial charge on any atom is 0.264 e. The van der Waals surface area contributed by atoms with Crippen molar-refractivity contribution in [2.24, 2.45) is 7.05 Å². The van der Waals surface area contributed by atoms with Gasteiger partial charge in [0.15, 0.2) is 0 Å². The number of nitrogens with one attached hydrogen (secondary N) is 1. The first-order chi connectivity index (χ1) is 14.7. The van der Waals surface area contributed by atoms with Crippen molar-refractivity contribution in [3.05, 3.63) is 52.6 Å². The van der Waals surface area contributed by atoms with Crippen LogP contribution in [0.25, 0.3) is 22.2 Å². The van der Waals surface area contributed by atoms with Crippen LogP contribution in [-0.4, -0.2) is 58.3 Å². The van der Waals surface area contributed by atoms with Gasteiger partial charge in [-0.1, -0.05) is 24.3 Å². The summed E-state index contributed by atoms with van der Waals surface area (Å²) in [6, 6.07) is 10.9. The first-order valence-electron chi connectivity index (χ1n) is 10.7. The third-order valence-electron chi connectivity index (χ3n) is 5.89. The summed E-state index contributed by atoms with van der Waals surface area (Å²) in [5.74, 6) is 0.648. The summed E-state index contributed by atoms with van der Waals surface area (Å²) in [6.45, 7) is 4.76. The molecule has 0 amide bonds. The van der Waals surface area contributed by atoms with Gasteiger partial charge < -0.3 is 14.6 Å². The van der Waals surface area contributed by atoms with Crippen LogP contribution in [-0.2, 0) is 18.2 Å². The van der Waals surface area contributed by atoms with Crippen molar-refractivity contribution in [2.45, 2.75) is 25.3 Å². The van der Waals surface area contributed by atoms with Crippen LogP contribution in [0.1, 0.15) is 18.4 Å². The maximum atomic E-state index is 12.7. The van der Waals surface area contributed by atoms with Crippen molar-refractivity contribution in [2.75, 3.05) is 38.2 Å². The lowest BCUT2D eigenvalue weighted by molar-refractivity contribution is 0.0384. The number of fused-ring (bicyclic) bond motifs is 1. The van der Waals surface area contributed by atoms with Gasteiger partial charge in [0.25, 0.3) is 5.56 Å². The Morgan fingerprint density at radius 2 is 1.93 bits per heavy atom. The zero-order valence-electron chi connectivity index (χ0n) is 17.3. The van der Waals surface area contributed by atoms with Gasteiger partial charge in [0, 0.05) is 38.3 Å². The highest BCUT2D eigenvalue weighted by Crippen LogP contribution is 2.29. The molecule has 5 rings (SSSR count). The van der Waals surface area contributed by atoms with Crippen LogP contribution in [0.4, 0.5) is 5.82 Å². The molecule has 2 fully saturated rings. The van der Waals surface area contributed by atoms with Gasteiger partial charge in [0.05, 0.1) is 30.8 Å². The van der Waals surface area contributed by atoms with Crippen molar-refractivity contribution in [1.82, 2.24) is 19.4 Å². The quantitative estimate of drug-likeness (QED) is 0.679. The van der Waals surface area contributed by atoms with Gasteiger partial charge in [-0.25, -0.2) is 9.97 Å². The number of nitrogens with zero attached hydrogens (tertiary/aromatic N) is 4. The standard InChI is InChI=1S/C23H27N5O2/c1-27-15-24-20-14-19(26-22(21(20)23(27)29)25-18-6-7-18)17-4-2-16(3-5-17)8-9-28-10-12-30-13-11-28/h2-5,14-15,18H,6-13H2,1H3,(H,25,26). The van der Waals surface area contributed by atoms with E-state index in [-0.39, 0.29) is 5.56 Å². The van der Waals surface area contributed by atoms with Gasteiger partial charge in [0.1, 0.15) is 11.2 Å². The fraction of sp³-hybridized carbons (Fsp3) is 0.435. The van der Waals surface area contributed by atoms with Crippen LogP contribution < -0.4 is 10.9 Å². The first-order valence-corrected chi connectivity index (χ1v) is 10.7. The molecule has 7 nitrogen and oxygen atoms in total. The van der Waals surface area contributed by atoms with E-state index in [1.807, 2.05) is 6.07 Å². The lowest BCUT2D eigenvalue weighted by atomic mass is 10.1. The van der Waals surface area contributed by atoms with E-state index in [0.717, 1.165) is 63.4 Å². The van der Waals surface area contributed by atoms with Gasteiger partial charge in [-0.15, -0.1) is 0 Å². The number of ether oxygens (including phenoxy) is 1. The minimum absolute atomic E-state index is 0.0688. The summed E-state index contributed by atoms with van der Waals surface area (Å²) in [7, 11) is 1.72. The maximum absolute atomic E-state index is 12.7. The molecule has 1 N–H and O–H groups in total. The second-order valence-electron chi connectivity index (χ2n) is 8.23. The van der Waals surface area contributed by atoms with Crippen molar-refractivity contribution in [1.29, 1.82) is 0 Å². The highest BCUT2D eigenvalue weighted by molar-refractivity contribution is 5.91. The average Bonchev–Trinajstić information content (AvgIpc) is 3.60. The minimum Gasteiger partial charge on any atom is -0.379 e. The molecule has 0 bridgehead atoms. The van der Waals surface area contributed by atoms with E-state index in [9.17, 15) is 4.79 Å². The van der Waals surface area contributed by atoms with E-state index >= 15 is 0 Å². The van der Waals surface area contributed by atoms with Crippen LogP contribution in [0.15, 0.2) is 41.5 Å². The summed E-state index contributed by atoms with van der Waals surface area (Å²) in [5, 5.41) is 3.99. The predicted octanol–water partition coefficient (Wildman–Crippen LogP) is 2.44. The zero-order valence-corrected chi connectivity index (χ0v) is 17.3. The minimum atomic E-state index is -0.0688. The predicted molar refractivity (Wildman–Crippen MR) is 118 cm³/mol. The molecule has 0 radical (unpaired) electrons. The molecule has 1 aromatic carbocycles. The van der Waals surface area contributed by atoms with Crippen LogP contribution in [0.5, 0.6) is 0 Å². The average molecular weight is 406 g/mol. The normalized spacial score (nSPS) is 17.4. The van der Waals surface area contributed by atoms with Gasteiger partial charge in [0.2, 0.25) is 0 Å². The Bertz CT molecular complexity index is 1100.